The van der Waals surface area contributed by atoms with Crippen molar-refractivity contribution >= 4 is 40.8 Å². The monoisotopic (exact) mass is 278 g/mol. The van der Waals surface area contributed by atoms with Gasteiger partial charge in [-0.25, -0.2) is 9.18 Å². The van der Waals surface area contributed by atoms with E-state index in [1.807, 2.05) is 5.32 Å². The van der Waals surface area contributed by atoms with E-state index >= 15 is 0 Å². The minimum absolute atomic E-state index is 0.136. The Kier molecular flexibility index (Phi) is 4.72. The van der Waals surface area contributed by atoms with E-state index in [0.717, 1.165) is 12.1 Å². The van der Waals surface area contributed by atoms with Gasteiger partial charge in [0, 0.05) is 10.7 Å². The molecule has 0 saturated carbocycles. The van der Waals surface area contributed by atoms with Gasteiger partial charge in [0.1, 0.15) is 11.2 Å². The van der Waals surface area contributed by atoms with Crippen LogP contribution in [0, 0.1) is 5.82 Å². The van der Waals surface area contributed by atoms with Crippen LogP contribution < -0.4 is 10.6 Å². The molecule has 1 atom stereocenters. The molecule has 2 N–H and O–H groups in total. The number of urea groups is 1. The smallest absolute Gasteiger partial charge is 0.307 e. The van der Waals surface area contributed by atoms with Gasteiger partial charge >= 0.3 is 6.03 Å². The summed E-state index contributed by atoms with van der Waals surface area (Å²) in [5.41, 5.74) is 0.141. The van der Waals surface area contributed by atoms with Crippen LogP contribution in [0.25, 0.3) is 0 Å². The minimum atomic E-state index is -0.836. The van der Waals surface area contributed by atoms with Gasteiger partial charge in [0.15, 0.2) is 0 Å². The van der Waals surface area contributed by atoms with Gasteiger partial charge in [-0.2, -0.15) is 0 Å². The first-order valence-electron chi connectivity index (χ1n) is 4.60. The largest absolute Gasteiger partial charge is 0.325 e. The molecule has 3 amide bonds. The van der Waals surface area contributed by atoms with E-state index in [2.05, 4.69) is 5.32 Å². The number of nitrogens with one attached hydrogen (secondary N) is 2. The molecule has 17 heavy (non-hydrogen) atoms. The van der Waals surface area contributed by atoms with E-state index in [0.29, 0.717) is 0 Å². The topological polar surface area (TPSA) is 58.2 Å². The number of carbonyl (C=O) groups is 2. The molecule has 0 radical (unpaired) electrons. The van der Waals surface area contributed by atoms with Crippen LogP contribution in [-0.4, -0.2) is 17.3 Å². The number of hydrogen-bond donors (Lipinski definition) is 2. The zero-order valence-corrected chi connectivity index (χ0v) is 10.3. The molecule has 0 aliphatic heterocycles. The number of halogens is 3. The summed E-state index contributed by atoms with van der Waals surface area (Å²) in [4.78, 5) is 22.4. The molecule has 92 valence electrons. The Morgan fingerprint density at radius 3 is 2.53 bits per heavy atom. The predicted octanol–water partition coefficient (Wildman–Crippen LogP) is 2.75. The van der Waals surface area contributed by atoms with E-state index in [9.17, 15) is 14.0 Å². The molecule has 1 aromatic carbocycles. The molecule has 1 aromatic rings. The van der Waals surface area contributed by atoms with Gasteiger partial charge in [0.2, 0.25) is 5.91 Å². The number of anilines is 1. The molecule has 1 rings (SSSR count). The average Bonchev–Trinajstić information content (AvgIpc) is 2.14. The van der Waals surface area contributed by atoms with Gasteiger partial charge in [-0.05, 0) is 25.1 Å². The molecule has 0 spiro atoms. The quantitative estimate of drug-likeness (QED) is 0.818. The lowest BCUT2D eigenvalue weighted by molar-refractivity contribution is -0.119. The molecule has 0 aliphatic rings. The second kappa shape index (κ2) is 5.84. The molecule has 0 aromatic heterocycles. The summed E-state index contributed by atoms with van der Waals surface area (Å²) in [5, 5.41) is 3.54. The number of imide groups is 1. The van der Waals surface area contributed by atoms with Crippen LogP contribution in [0.5, 0.6) is 0 Å². The van der Waals surface area contributed by atoms with Crippen molar-refractivity contribution in [1.82, 2.24) is 5.32 Å². The summed E-state index contributed by atoms with van der Waals surface area (Å²) in [6, 6.07) is 2.71. The van der Waals surface area contributed by atoms with Crippen LogP contribution in [0.15, 0.2) is 18.2 Å². The Labute approximate surface area is 107 Å². The number of carbonyl (C=O) groups excluding carboxylic acids is 2. The third kappa shape index (κ3) is 4.58. The molecule has 0 saturated heterocycles. The first-order chi connectivity index (χ1) is 7.88. The van der Waals surface area contributed by atoms with Crippen molar-refractivity contribution in [3.63, 3.8) is 0 Å². The molecule has 0 aliphatic carbocycles. The van der Waals surface area contributed by atoms with Crippen LogP contribution in [-0.2, 0) is 4.79 Å². The van der Waals surface area contributed by atoms with Crippen LogP contribution in [0.3, 0.4) is 0 Å². The summed E-state index contributed by atoms with van der Waals surface area (Å²) in [6.07, 6.45) is 0. The van der Waals surface area contributed by atoms with Gasteiger partial charge in [-0.3, -0.25) is 10.1 Å². The Morgan fingerprint density at radius 1 is 1.35 bits per heavy atom. The third-order valence-electron chi connectivity index (χ3n) is 1.72. The van der Waals surface area contributed by atoms with E-state index in [1.54, 1.807) is 0 Å². The highest BCUT2D eigenvalue weighted by atomic mass is 35.5. The Bertz CT molecular complexity index is 432. The third-order valence-corrected chi connectivity index (χ3v) is 2.13. The zero-order chi connectivity index (χ0) is 13.0. The normalized spacial score (nSPS) is 11.8. The molecule has 0 fully saturated rings. The SMILES string of the molecule is CC(Cl)C(=O)NC(=O)Nc1cc(F)cc(Cl)c1. The van der Waals surface area contributed by atoms with Crippen molar-refractivity contribution in [2.75, 3.05) is 5.32 Å². The van der Waals surface area contributed by atoms with E-state index in [1.165, 1.54) is 13.0 Å². The fourth-order valence-electron chi connectivity index (χ4n) is 1.000. The summed E-state index contributed by atoms with van der Waals surface area (Å²) in [6.45, 7) is 1.42. The molecule has 1 unspecified atom stereocenters. The second-order valence-corrected chi connectivity index (χ2v) is 4.31. The molecule has 7 heteroatoms. The van der Waals surface area contributed by atoms with E-state index in [4.69, 9.17) is 23.2 Å². The zero-order valence-electron chi connectivity index (χ0n) is 8.76. The molecule has 0 heterocycles. The maximum atomic E-state index is 12.9. The molecular weight excluding hydrogens is 270 g/mol. The Hall–Kier alpha value is -1.33. The number of rotatable bonds is 2. The number of hydrogen-bond acceptors (Lipinski definition) is 2. The van der Waals surface area contributed by atoms with Gasteiger partial charge in [-0.1, -0.05) is 11.6 Å². The molecule has 0 bridgehead atoms. The second-order valence-electron chi connectivity index (χ2n) is 3.22. The molecular formula is C10H9Cl2FN2O2. The first-order valence-corrected chi connectivity index (χ1v) is 5.42. The minimum Gasteiger partial charge on any atom is -0.307 e. The van der Waals surface area contributed by atoms with Crippen molar-refractivity contribution in [3.05, 3.63) is 29.0 Å². The van der Waals surface area contributed by atoms with Crippen LogP contribution in [0.4, 0.5) is 14.9 Å². The summed E-state index contributed by atoms with van der Waals surface area (Å²) in [5.74, 6) is -1.24. The average molecular weight is 279 g/mol. The van der Waals surface area contributed by atoms with E-state index < -0.39 is 23.1 Å². The highest BCUT2D eigenvalue weighted by Crippen LogP contribution is 2.17. The van der Waals surface area contributed by atoms with E-state index in [-0.39, 0.29) is 10.7 Å². The van der Waals surface area contributed by atoms with Crippen LogP contribution >= 0.6 is 23.2 Å². The Morgan fingerprint density at radius 2 is 2.00 bits per heavy atom. The number of benzene rings is 1. The van der Waals surface area contributed by atoms with Gasteiger partial charge in [0.05, 0.1) is 0 Å². The molecule has 4 nitrogen and oxygen atoms in total. The van der Waals surface area contributed by atoms with Crippen molar-refractivity contribution in [2.45, 2.75) is 12.3 Å². The van der Waals surface area contributed by atoms with Crippen molar-refractivity contribution in [3.8, 4) is 0 Å². The number of amides is 3. The summed E-state index contributed by atoms with van der Waals surface area (Å²) in [7, 11) is 0. The maximum absolute atomic E-state index is 12.9. The van der Waals surface area contributed by atoms with Crippen molar-refractivity contribution < 1.29 is 14.0 Å². The van der Waals surface area contributed by atoms with Gasteiger partial charge < -0.3 is 5.32 Å². The summed E-state index contributed by atoms with van der Waals surface area (Å²) < 4.78 is 12.9. The van der Waals surface area contributed by atoms with Gasteiger partial charge in [-0.15, -0.1) is 11.6 Å². The lowest BCUT2D eigenvalue weighted by Gasteiger charge is -2.07. The highest BCUT2D eigenvalue weighted by Gasteiger charge is 2.13. The Balaban J connectivity index is 2.65. The maximum Gasteiger partial charge on any atom is 0.325 e. The standard InChI is InChI=1S/C10H9Cl2FN2O2/c1-5(11)9(16)15-10(17)14-8-3-6(12)2-7(13)4-8/h2-5H,1H3,(H2,14,15,16,17). The van der Waals surface area contributed by atoms with Crippen molar-refractivity contribution in [2.24, 2.45) is 0 Å². The summed E-state index contributed by atoms with van der Waals surface area (Å²) >= 11 is 11.0. The fraction of sp³-hybridized carbons (Fsp3) is 0.200. The lowest BCUT2D eigenvalue weighted by Crippen LogP contribution is -2.38. The van der Waals surface area contributed by atoms with Crippen LogP contribution in [0.1, 0.15) is 6.92 Å². The predicted molar refractivity (Wildman–Crippen MR) is 63.9 cm³/mol. The van der Waals surface area contributed by atoms with Crippen LogP contribution in [0.2, 0.25) is 5.02 Å². The highest BCUT2D eigenvalue weighted by molar-refractivity contribution is 6.32. The van der Waals surface area contributed by atoms with Crippen molar-refractivity contribution in [1.29, 1.82) is 0 Å². The number of alkyl halides is 1. The lowest BCUT2D eigenvalue weighted by atomic mass is 10.3. The van der Waals surface area contributed by atoms with Gasteiger partial charge in [0.25, 0.3) is 0 Å². The first kappa shape index (κ1) is 13.7. The fourth-order valence-corrected chi connectivity index (χ4v) is 1.28.